The molecule has 0 aromatic heterocycles. The maximum absolute atomic E-state index is 12.4. The molecule has 10 aromatic carbocycles. The van der Waals surface area contributed by atoms with Crippen molar-refractivity contribution in [2.45, 2.75) is 42.6 Å². The highest BCUT2D eigenvalue weighted by Crippen LogP contribution is 2.47. The van der Waals surface area contributed by atoms with Crippen molar-refractivity contribution in [1.82, 2.24) is 0 Å². The first-order valence-electron chi connectivity index (χ1n) is 21.5. The highest BCUT2D eigenvalue weighted by Gasteiger charge is 2.30. The first-order chi connectivity index (χ1) is 35.4. The quantitative estimate of drug-likeness (QED) is 0.0436. The molecular weight excluding hydrogens is 1110 g/mol. The average Bonchev–Trinajstić information content (AvgIpc) is 3.46. The van der Waals surface area contributed by atoms with Gasteiger partial charge in [-0.2, -0.15) is 50.5 Å². The van der Waals surface area contributed by atoms with Crippen LogP contribution in [-0.4, -0.2) is 77.8 Å². The van der Waals surface area contributed by atoms with E-state index < -0.39 is 90.1 Å². The minimum atomic E-state index is -4.99. The topological polar surface area (TPSA) is 345 Å². The molecule has 0 unspecified atom stereocenters. The molecule has 0 aliphatic rings. The minimum Gasteiger partial charge on any atom is -0.488 e. The van der Waals surface area contributed by atoms with E-state index in [-0.39, 0.29) is 89.3 Å². The molecule has 392 valence electrons. The Hall–Kier alpha value is -7.18. The van der Waals surface area contributed by atoms with Gasteiger partial charge in [-0.15, -0.1) is 0 Å². The zero-order valence-electron chi connectivity index (χ0n) is 38.4. The number of rotatable bonds is 14. The van der Waals surface area contributed by atoms with Crippen LogP contribution in [0.3, 0.4) is 0 Å². The molecule has 0 saturated heterocycles. The second-order valence-electron chi connectivity index (χ2n) is 17.0. The van der Waals surface area contributed by atoms with E-state index in [4.69, 9.17) is 9.47 Å². The van der Waals surface area contributed by atoms with E-state index in [1.807, 2.05) is 6.07 Å². The molecule has 10 rings (SSSR count). The van der Waals surface area contributed by atoms with Crippen molar-refractivity contribution in [2.24, 2.45) is 0 Å². The SMILES string of the molecule is C=Cc1ccc(COc2cc(S(=O)(=O)O)c3ccc4c(S(=O)(=O)O)cc(S(=O)(=O)O)c5ccc2c3c54)cc1.C=Cc1cccc(COc2cc(S(=O)(=O)O)c3ccc4c(S(=O)(=O)O)cc(S(=O)(=O)O)c5ccc2c3c54)c1. The van der Waals surface area contributed by atoms with E-state index in [0.29, 0.717) is 17.7 Å². The van der Waals surface area contributed by atoms with E-state index >= 15 is 0 Å². The molecule has 0 aliphatic heterocycles. The van der Waals surface area contributed by atoms with Crippen molar-refractivity contribution < 1.29 is 87.3 Å². The molecule has 0 bridgehead atoms. The van der Waals surface area contributed by atoms with Gasteiger partial charge in [-0.25, -0.2) is 0 Å². The van der Waals surface area contributed by atoms with Crippen LogP contribution in [-0.2, 0) is 73.9 Å². The molecular formula is C50H36O20S6. The standard InChI is InChI=1S/2C25H18O10S3/c1-2-14-3-5-15(6-4-14)13-35-20-11-21(36(26,27)28)17-9-10-19-23(38(32,33)34)12-22(37(29,30)31)18-8-7-16(20)24(17)25(18)19;1-2-14-4-3-5-15(10-14)13-35-20-11-21(36(26,27)28)17-8-9-19-23(38(32,33)34)12-22(37(29,30)31)18-7-6-16(20)24(17)25(18)19/h2*2-12H,1,13H2,(H,26,27,28)(H,29,30,31)(H,32,33,34). The molecule has 10 aromatic rings. The van der Waals surface area contributed by atoms with E-state index in [1.165, 1.54) is 48.5 Å². The van der Waals surface area contributed by atoms with Gasteiger partial charge in [-0.05, 0) is 52.6 Å². The van der Waals surface area contributed by atoms with Crippen LogP contribution in [0.25, 0.3) is 76.8 Å². The molecule has 0 spiro atoms. The van der Waals surface area contributed by atoms with E-state index in [2.05, 4.69) is 13.2 Å². The smallest absolute Gasteiger partial charge is 0.295 e. The van der Waals surface area contributed by atoms with Crippen LogP contribution < -0.4 is 9.47 Å². The number of hydrogen-bond donors (Lipinski definition) is 6. The highest BCUT2D eigenvalue weighted by atomic mass is 32.2. The minimum absolute atomic E-state index is 0.00186. The predicted octanol–water partition coefficient (Wildman–Crippen LogP) is 9.09. The fourth-order valence-corrected chi connectivity index (χ4v) is 13.5. The number of ether oxygens (including phenoxy) is 2. The molecule has 6 N–H and O–H groups in total. The van der Waals surface area contributed by atoms with Gasteiger partial charge >= 0.3 is 0 Å². The molecule has 0 saturated carbocycles. The van der Waals surface area contributed by atoms with Gasteiger partial charge < -0.3 is 9.47 Å². The summed E-state index contributed by atoms with van der Waals surface area (Å²) in [7, 11) is -29.7. The number of hydrogen-bond acceptors (Lipinski definition) is 14. The normalized spacial score (nSPS) is 12.9. The third kappa shape index (κ3) is 9.92. The lowest BCUT2D eigenvalue weighted by Gasteiger charge is -2.19. The molecule has 0 amide bonds. The van der Waals surface area contributed by atoms with Gasteiger partial charge in [-0.3, -0.25) is 27.3 Å². The average molecular weight is 1150 g/mol. The van der Waals surface area contributed by atoms with Gasteiger partial charge in [0.1, 0.15) is 54.1 Å². The van der Waals surface area contributed by atoms with Crippen LogP contribution >= 0.6 is 0 Å². The summed E-state index contributed by atoms with van der Waals surface area (Å²) < 4.78 is 218. The third-order valence-electron chi connectivity index (χ3n) is 12.4. The van der Waals surface area contributed by atoms with E-state index in [9.17, 15) is 77.8 Å². The van der Waals surface area contributed by atoms with Crippen LogP contribution in [0, 0.1) is 0 Å². The summed E-state index contributed by atoms with van der Waals surface area (Å²) in [5, 5.41) is -0.190. The van der Waals surface area contributed by atoms with Crippen molar-refractivity contribution in [3.05, 3.63) is 157 Å². The Morgan fingerprint density at radius 2 is 0.618 bits per heavy atom. The maximum Gasteiger partial charge on any atom is 0.295 e. The van der Waals surface area contributed by atoms with Crippen LogP contribution in [0.5, 0.6) is 11.5 Å². The fourth-order valence-electron chi connectivity index (χ4n) is 9.13. The lowest BCUT2D eigenvalue weighted by Crippen LogP contribution is -2.07. The van der Waals surface area contributed by atoms with Gasteiger partial charge in [0.2, 0.25) is 0 Å². The predicted molar refractivity (Wildman–Crippen MR) is 281 cm³/mol. The van der Waals surface area contributed by atoms with Crippen molar-refractivity contribution in [3.63, 3.8) is 0 Å². The van der Waals surface area contributed by atoms with Gasteiger partial charge in [0.25, 0.3) is 60.7 Å². The van der Waals surface area contributed by atoms with Crippen LogP contribution in [0.15, 0.2) is 164 Å². The largest absolute Gasteiger partial charge is 0.488 e. The molecule has 0 fully saturated rings. The van der Waals surface area contributed by atoms with Gasteiger partial charge in [-0.1, -0.05) is 104 Å². The summed E-state index contributed by atoms with van der Waals surface area (Å²) in [6.45, 7) is 7.35. The summed E-state index contributed by atoms with van der Waals surface area (Å²) >= 11 is 0. The molecule has 0 heterocycles. The van der Waals surface area contributed by atoms with Gasteiger partial charge in [0.05, 0.1) is 0 Å². The van der Waals surface area contributed by atoms with Gasteiger partial charge in [0, 0.05) is 76.8 Å². The zero-order valence-corrected chi connectivity index (χ0v) is 43.3. The summed E-state index contributed by atoms with van der Waals surface area (Å²) in [6.07, 6.45) is 3.29. The Bertz CT molecular complexity index is 4720. The Balaban J connectivity index is 0.000000186. The zero-order chi connectivity index (χ0) is 55.2. The molecule has 76 heavy (non-hydrogen) atoms. The first kappa shape index (κ1) is 53.6. The molecule has 0 atom stereocenters. The summed E-state index contributed by atoms with van der Waals surface area (Å²) in [5.74, 6) is -0.00724. The van der Waals surface area contributed by atoms with Crippen LogP contribution in [0.4, 0.5) is 0 Å². The third-order valence-corrected chi connectivity index (χ3v) is 17.7. The molecule has 26 heteroatoms. The molecule has 0 aliphatic carbocycles. The van der Waals surface area contributed by atoms with Crippen molar-refractivity contribution >= 4 is 137 Å². The second kappa shape index (κ2) is 18.8. The molecule has 0 radical (unpaired) electrons. The monoisotopic (exact) mass is 1150 g/mol. The van der Waals surface area contributed by atoms with Gasteiger partial charge in [0.15, 0.2) is 0 Å². The van der Waals surface area contributed by atoms with Crippen LogP contribution in [0.1, 0.15) is 22.3 Å². The van der Waals surface area contributed by atoms with Crippen LogP contribution in [0.2, 0.25) is 0 Å². The van der Waals surface area contributed by atoms with Crippen molar-refractivity contribution in [3.8, 4) is 11.5 Å². The Labute approximate surface area is 432 Å². The Morgan fingerprint density at radius 3 is 0.934 bits per heavy atom. The van der Waals surface area contributed by atoms with Crippen molar-refractivity contribution in [1.29, 1.82) is 0 Å². The number of benzene rings is 10. The fraction of sp³-hybridized carbons (Fsp3) is 0.0400. The molecule has 20 nitrogen and oxygen atoms in total. The maximum atomic E-state index is 12.4. The first-order valence-corrected chi connectivity index (χ1v) is 30.1. The van der Waals surface area contributed by atoms with E-state index in [0.717, 1.165) is 28.8 Å². The lowest BCUT2D eigenvalue weighted by molar-refractivity contribution is 0.309. The summed E-state index contributed by atoms with van der Waals surface area (Å²) in [4.78, 5) is -4.38. The van der Waals surface area contributed by atoms with Crippen molar-refractivity contribution in [2.75, 3.05) is 0 Å². The Kier molecular flexibility index (Phi) is 13.3. The Morgan fingerprint density at radius 1 is 0.329 bits per heavy atom. The van der Waals surface area contributed by atoms with E-state index in [1.54, 1.807) is 54.6 Å². The highest BCUT2D eigenvalue weighted by molar-refractivity contribution is 7.88. The summed E-state index contributed by atoms with van der Waals surface area (Å²) in [5.41, 5.74) is 3.12. The lowest BCUT2D eigenvalue weighted by atomic mass is 9.93. The summed E-state index contributed by atoms with van der Waals surface area (Å²) in [6, 6.07) is 28.1. The second-order valence-corrected chi connectivity index (χ2v) is 25.3.